The van der Waals surface area contributed by atoms with Crippen LogP contribution in [0.1, 0.15) is 19.3 Å². The molecule has 1 fully saturated rings. The van der Waals surface area contributed by atoms with Crippen molar-refractivity contribution in [1.82, 2.24) is 9.80 Å². The van der Waals surface area contributed by atoms with Gasteiger partial charge in [-0.25, -0.2) is 0 Å². The minimum absolute atomic E-state index is 0.0191. The van der Waals surface area contributed by atoms with Gasteiger partial charge >= 0.3 is 0 Å². The highest BCUT2D eigenvalue weighted by atomic mass is 35.5. The zero-order valence-electron chi connectivity index (χ0n) is 9.00. The fraction of sp³-hybridized carbons (Fsp3) is 0.900. The predicted octanol–water partition coefficient (Wildman–Crippen LogP) is 1.17. The van der Waals surface area contributed by atoms with Crippen LogP contribution in [-0.4, -0.2) is 54.8 Å². The van der Waals surface area contributed by atoms with Crippen molar-refractivity contribution < 1.29 is 4.79 Å². The van der Waals surface area contributed by atoms with Crippen LogP contribution in [0.2, 0.25) is 0 Å². The van der Waals surface area contributed by atoms with E-state index in [0.717, 1.165) is 13.1 Å². The number of likely N-dealkylation sites (tertiary alicyclic amines) is 1. The summed E-state index contributed by atoms with van der Waals surface area (Å²) >= 11 is 5.50. The van der Waals surface area contributed by atoms with Crippen LogP contribution in [0.25, 0.3) is 0 Å². The van der Waals surface area contributed by atoms with Gasteiger partial charge in [-0.3, -0.25) is 4.79 Å². The van der Waals surface area contributed by atoms with Crippen LogP contribution in [-0.2, 0) is 4.79 Å². The standard InChI is InChI=1S/C10H19ClN2O/c1-12-6-4-3-5-9(12)8-13(2)10(14)7-11/h9H,3-8H2,1-2H3/t9-/m1/s1. The van der Waals surface area contributed by atoms with Gasteiger partial charge in [-0.15, -0.1) is 11.6 Å². The van der Waals surface area contributed by atoms with Gasteiger partial charge < -0.3 is 9.80 Å². The topological polar surface area (TPSA) is 23.6 Å². The van der Waals surface area contributed by atoms with Crippen LogP contribution in [0, 0.1) is 0 Å². The highest BCUT2D eigenvalue weighted by Gasteiger charge is 2.21. The lowest BCUT2D eigenvalue weighted by Crippen LogP contribution is -2.45. The summed E-state index contributed by atoms with van der Waals surface area (Å²) in [5.41, 5.74) is 0. The first-order valence-electron chi connectivity index (χ1n) is 5.15. The highest BCUT2D eigenvalue weighted by molar-refractivity contribution is 6.27. The Labute approximate surface area is 91.0 Å². The maximum atomic E-state index is 11.3. The summed E-state index contributed by atoms with van der Waals surface area (Å²) in [4.78, 5) is 15.3. The molecule has 4 heteroatoms. The third-order valence-electron chi connectivity index (χ3n) is 2.95. The maximum Gasteiger partial charge on any atom is 0.237 e. The third kappa shape index (κ3) is 3.14. The van der Waals surface area contributed by atoms with E-state index >= 15 is 0 Å². The molecule has 14 heavy (non-hydrogen) atoms. The summed E-state index contributed by atoms with van der Waals surface area (Å²) < 4.78 is 0. The smallest absolute Gasteiger partial charge is 0.237 e. The van der Waals surface area contributed by atoms with Gasteiger partial charge in [0.2, 0.25) is 5.91 Å². The van der Waals surface area contributed by atoms with Crippen LogP contribution in [0.15, 0.2) is 0 Å². The van der Waals surface area contributed by atoms with Gasteiger partial charge in [-0.2, -0.15) is 0 Å². The minimum Gasteiger partial charge on any atom is -0.343 e. The number of carbonyl (C=O) groups is 1. The van der Waals surface area contributed by atoms with E-state index in [2.05, 4.69) is 11.9 Å². The first kappa shape index (κ1) is 11.8. The Morgan fingerprint density at radius 1 is 1.57 bits per heavy atom. The average Bonchev–Trinajstić information content (AvgIpc) is 2.20. The van der Waals surface area contributed by atoms with Crippen molar-refractivity contribution in [2.75, 3.05) is 33.1 Å². The first-order chi connectivity index (χ1) is 6.65. The van der Waals surface area contributed by atoms with Gasteiger partial charge in [0.25, 0.3) is 0 Å². The Bertz CT molecular complexity index is 199. The van der Waals surface area contributed by atoms with Gasteiger partial charge in [0.1, 0.15) is 5.88 Å². The molecule has 82 valence electrons. The second-order valence-electron chi connectivity index (χ2n) is 4.04. The molecule has 0 aromatic heterocycles. The fourth-order valence-electron chi connectivity index (χ4n) is 1.89. The summed E-state index contributed by atoms with van der Waals surface area (Å²) in [7, 11) is 3.95. The zero-order chi connectivity index (χ0) is 10.6. The Morgan fingerprint density at radius 2 is 2.29 bits per heavy atom. The molecule has 0 bridgehead atoms. The number of halogens is 1. The number of nitrogens with zero attached hydrogens (tertiary/aromatic N) is 2. The number of alkyl halides is 1. The quantitative estimate of drug-likeness (QED) is 0.664. The molecule has 1 heterocycles. The Morgan fingerprint density at radius 3 is 2.86 bits per heavy atom. The van der Waals surface area contributed by atoms with Gasteiger partial charge in [-0.05, 0) is 26.4 Å². The van der Waals surface area contributed by atoms with E-state index in [4.69, 9.17) is 11.6 Å². The van der Waals surface area contributed by atoms with E-state index in [0.29, 0.717) is 6.04 Å². The number of carbonyl (C=O) groups excluding carboxylic acids is 1. The summed E-state index contributed by atoms with van der Waals surface area (Å²) in [6.45, 7) is 1.95. The van der Waals surface area contributed by atoms with Gasteiger partial charge in [0.15, 0.2) is 0 Å². The van der Waals surface area contributed by atoms with Crippen molar-refractivity contribution >= 4 is 17.5 Å². The van der Waals surface area contributed by atoms with Crippen LogP contribution in [0.4, 0.5) is 0 Å². The van der Waals surface area contributed by atoms with E-state index in [1.807, 2.05) is 7.05 Å². The third-order valence-corrected chi connectivity index (χ3v) is 3.17. The van der Waals surface area contributed by atoms with Gasteiger partial charge in [0, 0.05) is 19.6 Å². The monoisotopic (exact) mass is 218 g/mol. The molecule has 1 amide bonds. The van der Waals surface area contributed by atoms with Crippen molar-refractivity contribution in [2.24, 2.45) is 0 Å². The molecule has 0 unspecified atom stereocenters. The predicted molar refractivity (Wildman–Crippen MR) is 58.6 cm³/mol. The molecule has 0 N–H and O–H groups in total. The maximum absolute atomic E-state index is 11.3. The molecule has 3 nitrogen and oxygen atoms in total. The van der Waals surface area contributed by atoms with Crippen LogP contribution < -0.4 is 0 Å². The van der Waals surface area contributed by atoms with Crippen LogP contribution in [0.3, 0.4) is 0 Å². The first-order valence-corrected chi connectivity index (χ1v) is 5.68. The summed E-state index contributed by atoms with van der Waals surface area (Å²) in [6.07, 6.45) is 3.74. The molecule has 0 spiro atoms. The zero-order valence-corrected chi connectivity index (χ0v) is 9.76. The van der Waals surface area contributed by atoms with Gasteiger partial charge in [0.05, 0.1) is 0 Å². The Balaban J connectivity index is 2.38. The Kier molecular flexibility index (Phi) is 4.69. The van der Waals surface area contributed by atoms with E-state index in [1.165, 1.54) is 19.3 Å². The largest absolute Gasteiger partial charge is 0.343 e. The number of piperidine rings is 1. The van der Waals surface area contributed by atoms with Crippen molar-refractivity contribution in [1.29, 1.82) is 0 Å². The summed E-state index contributed by atoms with van der Waals surface area (Å²) in [5.74, 6) is 0.109. The normalized spacial score (nSPS) is 23.5. The van der Waals surface area contributed by atoms with E-state index < -0.39 is 0 Å². The lowest BCUT2D eigenvalue weighted by Gasteiger charge is -2.35. The summed E-state index contributed by atoms with van der Waals surface area (Å²) in [5, 5.41) is 0. The van der Waals surface area contributed by atoms with Crippen LogP contribution in [0.5, 0.6) is 0 Å². The SMILES string of the molecule is CN(C[C@H]1CCCCN1C)C(=O)CCl. The van der Waals surface area contributed by atoms with E-state index in [9.17, 15) is 4.79 Å². The number of likely N-dealkylation sites (N-methyl/N-ethyl adjacent to an activating group) is 2. The molecule has 0 aromatic carbocycles. The van der Waals surface area contributed by atoms with Gasteiger partial charge in [-0.1, -0.05) is 6.42 Å². The fourth-order valence-corrected chi connectivity index (χ4v) is 2.10. The molecule has 1 rings (SSSR count). The summed E-state index contributed by atoms with van der Waals surface area (Å²) in [6, 6.07) is 0.515. The molecule has 0 aliphatic carbocycles. The molecule has 1 aliphatic heterocycles. The lowest BCUT2D eigenvalue weighted by atomic mass is 10.0. The van der Waals surface area contributed by atoms with Crippen molar-refractivity contribution in [3.05, 3.63) is 0 Å². The van der Waals surface area contributed by atoms with Crippen molar-refractivity contribution in [3.8, 4) is 0 Å². The van der Waals surface area contributed by atoms with Crippen molar-refractivity contribution in [3.63, 3.8) is 0 Å². The highest BCUT2D eigenvalue weighted by Crippen LogP contribution is 2.15. The molecule has 1 saturated heterocycles. The van der Waals surface area contributed by atoms with Crippen molar-refractivity contribution in [2.45, 2.75) is 25.3 Å². The second kappa shape index (κ2) is 5.56. The molecule has 0 aromatic rings. The number of amides is 1. The Hall–Kier alpha value is -0.280. The number of rotatable bonds is 3. The minimum atomic E-state index is 0.0191. The number of hydrogen-bond acceptors (Lipinski definition) is 2. The molecule has 1 atom stereocenters. The molecule has 0 saturated carbocycles. The number of hydrogen-bond donors (Lipinski definition) is 0. The van der Waals surface area contributed by atoms with E-state index in [1.54, 1.807) is 4.90 Å². The molecular formula is C10H19ClN2O. The molecule has 0 radical (unpaired) electrons. The van der Waals surface area contributed by atoms with E-state index in [-0.39, 0.29) is 11.8 Å². The molecule has 1 aliphatic rings. The van der Waals surface area contributed by atoms with Crippen LogP contribution >= 0.6 is 11.6 Å². The second-order valence-corrected chi connectivity index (χ2v) is 4.31. The average molecular weight is 219 g/mol. The lowest BCUT2D eigenvalue weighted by molar-refractivity contribution is -0.128. The molecular weight excluding hydrogens is 200 g/mol.